The number of carbonyl (C=O) groups is 1. The minimum Gasteiger partial charge on any atom is -0.496 e. The molecule has 2 aromatic carbocycles. The quantitative estimate of drug-likeness (QED) is 0.743. The number of hydrogen-bond donors (Lipinski definition) is 2. The first-order valence-electron chi connectivity index (χ1n) is 8.53. The van der Waals surface area contributed by atoms with Crippen LogP contribution in [-0.4, -0.2) is 29.5 Å². The Morgan fingerprint density at radius 3 is 2.78 bits per heavy atom. The molecule has 1 unspecified atom stereocenters. The topological polar surface area (TPSA) is 67.0 Å². The number of hydrogen-bond acceptors (Lipinski definition) is 3. The van der Waals surface area contributed by atoms with Gasteiger partial charge in [-0.1, -0.05) is 24.3 Å². The van der Waals surface area contributed by atoms with Crippen molar-refractivity contribution in [1.29, 1.82) is 0 Å². The molecule has 0 saturated carbocycles. The lowest BCUT2D eigenvalue weighted by Crippen LogP contribution is -2.26. The monoisotopic (exact) mass is 369 g/mol. The average Bonchev–Trinajstić information content (AvgIpc) is 3.04. The van der Waals surface area contributed by atoms with Crippen LogP contribution in [0.15, 0.2) is 42.5 Å². The third kappa shape index (κ3) is 3.05. The SMILES string of the molecule is COc1ccccc1C1CNC(=O)c2nc(-c3cccc(F)c3F)[nH]c2C1. The molecule has 0 radical (unpaired) electrons. The van der Waals surface area contributed by atoms with Gasteiger partial charge in [-0.05, 0) is 30.2 Å². The van der Waals surface area contributed by atoms with E-state index >= 15 is 0 Å². The van der Waals surface area contributed by atoms with Gasteiger partial charge < -0.3 is 15.0 Å². The van der Waals surface area contributed by atoms with E-state index in [-0.39, 0.29) is 28.9 Å². The molecule has 2 heterocycles. The van der Waals surface area contributed by atoms with E-state index in [1.54, 1.807) is 7.11 Å². The molecule has 4 rings (SSSR count). The molecule has 7 heteroatoms. The molecule has 1 aliphatic heterocycles. The van der Waals surface area contributed by atoms with Crippen LogP contribution in [0.5, 0.6) is 5.75 Å². The lowest BCUT2D eigenvalue weighted by Gasteiger charge is -2.17. The highest BCUT2D eigenvalue weighted by Crippen LogP contribution is 2.32. The fourth-order valence-corrected chi connectivity index (χ4v) is 3.40. The average molecular weight is 369 g/mol. The van der Waals surface area contributed by atoms with Crippen LogP contribution in [0.4, 0.5) is 8.78 Å². The highest BCUT2D eigenvalue weighted by atomic mass is 19.2. The van der Waals surface area contributed by atoms with Crippen molar-refractivity contribution in [2.45, 2.75) is 12.3 Å². The summed E-state index contributed by atoms with van der Waals surface area (Å²) in [5.41, 5.74) is 1.73. The Balaban J connectivity index is 1.75. The summed E-state index contributed by atoms with van der Waals surface area (Å²) in [4.78, 5) is 19.7. The number of aromatic amines is 1. The van der Waals surface area contributed by atoms with Crippen molar-refractivity contribution in [1.82, 2.24) is 15.3 Å². The van der Waals surface area contributed by atoms with Crippen LogP contribution in [0.1, 0.15) is 27.7 Å². The summed E-state index contributed by atoms with van der Waals surface area (Å²) in [7, 11) is 1.60. The molecule has 0 fully saturated rings. The van der Waals surface area contributed by atoms with Crippen LogP contribution in [0.3, 0.4) is 0 Å². The van der Waals surface area contributed by atoms with Crippen LogP contribution in [-0.2, 0) is 6.42 Å². The summed E-state index contributed by atoms with van der Waals surface area (Å²) in [6, 6.07) is 11.5. The Hall–Kier alpha value is -3.22. The zero-order chi connectivity index (χ0) is 19.0. The zero-order valence-corrected chi connectivity index (χ0v) is 14.6. The molecule has 5 nitrogen and oxygen atoms in total. The van der Waals surface area contributed by atoms with Gasteiger partial charge in [0.15, 0.2) is 11.6 Å². The van der Waals surface area contributed by atoms with Crippen molar-refractivity contribution in [3.8, 4) is 17.1 Å². The second kappa shape index (κ2) is 6.83. The normalized spacial score (nSPS) is 16.4. The zero-order valence-electron chi connectivity index (χ0n) is 14.6. The number of amides is 1. The Bertz CT molecular complexity index is 1020. The summed E-state index contributed by atoms with van der Waals surface area (Å²) < 4.78 is 33.1. The van der Waals surface area contributed by atoms with E-state index in [4.69, 9.17) is 4.74 Å². The highest BCUT2D eigenvalue weighted by molar-refractivity contribution is 5.94. The third-order valence-electron chi connectivity index (χ3n) is 4.74. The van der Waals surface area contributed by atoms with E-state index < -0.39 is 11.6 Å². The standard InChI is InChI=1S/C20H17F2N3O2/c1-27-16-8-3-2-5-12(16)11-9-15-18(20(26)23-10-11)25-19(24-15)13-6-4-7-14(21)17(13)22/h2-8,11H,9-10H2,1H3,(H,23,26)(H,24,25). The maximum Gasteiger partial charge on any atom is 0.271 e. The lowest BCUT2D eigenvalue weighted by molar-refractivity contribution is 0.0950. The van der Waals surface area contributed by atoms with Crippen LogP contribution < -0.4 is 10.1 Å². The van der Waals surface area contributed by atoms with E-state index in [1.165, 1.54) is 12.1 Å². The lowest BCUT2D eigenvalue weighted by atomic mass is 9.93. The molecule has 0 bridgehead atoms. The molecule has 27 heavy (non-hydrogen) atoms. The van der Waals surface area contributed by atoms with E-state index in [9.17, 15) is 13.6 Å². The number of rotatable bonds is 3. The number of fused-ring (bicyclic) bond motifs is 1. The molecule has 138 valence electrons. The van der Waals surface area contributed by atoms with Crippen molar-refractivity contribution >= 4 is 5.91 Å². The summed E-state index contributed by atoms with van der Waals surface area (Å²) >= 11 is 0. The predicted octanol–water partition coefficient (Wildman–Crippen LogP) is 3.43. The minimum atomic E-state index is -0.997. The van der Waals surface area contributed by atoms with Crippen molar-refractivity contribution in [3.63, 3.8) is 0 Å². The third-order valence-corrected chi connectivity index (χ3v) is 4.74. The number of H-pyrrole nitrogens is 1. The first-order valence-corrected chi connectivity index (χ1v) is 8.53. The Kier molecular flexibility index (Phi) is 4.35. The van der Waals surface area contributed by atoms with Crippen molar-refractivity contribution in [3.05, 3.63) is 71.1 Å². The summed E-state index contributed by atoms with van der Waals surface area (Å²) in [6.07, 6.45) is 0.485. The summed E-state index contributed by atoms with van der Waals surface area (Å²) in [5, 5.41) is 2.85. The Labute approximate surface area is 154 Å². The second-order valence-electron chi connectivity index (χ2n) is 6.37. The van der Waals surface area contributed by atoms with Gasteiger partial charge in [0.05, 0.1) is 12.7 Å². The molecule has 1 amide bonds. The van der Waals surface area contributed by atoms with Crippen LogP contribution in [0, 0.1) is 11.6 Å². The molecule has 1 aromatic heterocycles. The van der Waals surface area contributed by atoms with Crippen molar-refractivity contribution < 1.29 is 18.3 Å². The molecular formula is C20H17F2N3O2. The van der Waals surface area contributed by atoms with Gasteiger partial charge in [0.1, 0.15) is 17.3 Å². The molecule has 3 aromatic rings. The smallest absolute Gasteiger partial charge is 0.271 e. The number of methoxy groups -OCH3 is 1. The number of halogens is 2. The number of aromatic nitrogens is 2. The van der Waals surface area contributed by atoms with Crippen LogP contribution >= 0.6 is 0 Å². The van der Waals surface area contributed by atoms with Crippen molar-refractivity contribution in [2.75, 3.05) is 13.7 Å². The van der Waals surface area contributed by atoms with Gasteiger partial charge >= 0.3 is 0 Å². The summed E-state index contributed by atoms with van der Waals surface area (Å²) in [5.74, 6) is -1.49. The number of nitrogens with zero attached hydrogens (tertiary/aromatic N) is 1. The van der Waals surface area contributed by atoms with Gasteiger partial charge in [0.25, 0.3) is 5.91 Å². The maximum absolute atomic E-state index is 14.1. The number of imidazole rings is 1. The molecule has 0 aliphatic carbocycles. The Morgan fingerprint density at radius 2 is 1.96 bits per heavy atom. The fraction of sp³-hybridized carbons (Fsp3) is 0.200. The van der Waals surface area contributed by atoms with Crippen molar-refractivity contribution in [2.24, 2.45) is 0 Å². The highest BCUT2D eigenvalue weighted by Gasteiger charge is 2.28. The first kappa shape index (κ1) is 17.2. The maximum atomic E-state index is 14.1. The van der Waals surface area contributed by atoms with E-state index in [2.05, 4.69) is 15.3 Å². The predicted molar refractivity (Wildman–Crippen MR) is 95.7 cm³/mol. The Morgan fingerprint density at radius 1 is 1.15 bits per heavy atom. The van der Waals surface area contributed by atoms with Gasteiger partial charge in [-0.2, -0.15) is 0 Å². The van der Waals surface area contributed by atoms with E-state index in [0.29, 0.717) is 18.7 Å². The van der Waals surface area contributed by atoms with Gasteiger partial charge in [-0.3, -0.25) is 4.79 Å². The molecule has 0 spiro atoms. The minimum absolute atomic E-state index is 0.00952. The van der Waals surface area contributed by atoms with Gasteiger partial charge in [0.2, 0.25) is 0 Å². The largest absolute Gasteiger partial charge is 0.496 e. The fourth-order valence-electron chi connectivity index (χ4n) is 3.40. The number of nitrogens with one attached hydrogen (secondary N) is 2. The number of para-hydroxylation sites is 1. The molecule has 1 aliphatic rings. The van der Waals surface area contributed by atoms with E-state index in [0.717, 1.165) is 17.4 Å². The number of benzene rings is 2. The molecular weight excluding hydrogens is 352 g/mol. The van der Waals surface area contributed by atoms with Crippen LogP contribution in [0.2, 0.25) is 0 Å². The molecule has 0 saturated heterocycles. The van der Waals surface area contributed by atoms with Gasteiger partial charge in [-0.25, -0.2) is 13.8 Å². The van der Waals surface area contributed by atoms with Gasteiger partial charge in [-0.15, -0.1) is 0 Å². The van der Waals surface area contributed by atoms with E-state index in [1.807, 2.05) is 24.3 Å². The first-order chi connectivity index (χ1) is 13.1. The molecule has 1 atom stereocenters. The molecule has 2 N–H and O–H groups in total. The van der Waals surface area contributed by atoms with Gasteiger partial charge in [0, 0.05) is 18.2 Å². The summed E-state index contributed by atoms with van der Waals surface area (Å²) in [6.45, 7) is 0.424. The van der Waals surface area contributed by atoms with Crippen LogP contribution in [0.25, 0.3) is 11.4 Å². The second-order valence-corrected chi connectivity index (χ2v) is 6.37. The number of carbonyl (C=O) groups excluding carboxylic acids is 1. The number of ether oxygens (including phenoxy) is 1.